The maximum Gasteiger partial charge on any atom is 0.326 e. The van der Waals surface area contributed by atoms with Crippen LogP contribution < -0.4 is 0 Å². The number of nitrogens with one attached hydrogen (secondary N) is 1. The zero-order valence-corrected chi connectivity index (χ0v) is 11.2. The van der Waals surface area contributed by atoms with Crippen molar-refractivity contribution < 1.29 is 14.7 Å². The summed E-state index contributed by atoms with van der Waals surface area (Å²) in [4.78, 5) is 28.2. The number of benzene rings is 1. The fourth-order valence-electron chi connectivity index (χ4n) is 2.89. The number of aliphatic carboxylic acids is 1. The lowest BCUT2D eigenvalue weighted by molar-refractivity contribution is -0.151. The normalized spacial score (nSPS) is 18.1. The second-order valence-corrected chi connectivity index (χ2v) is 5.06. The van der Waals surface area contributed by atoms with Gasteiger partial charge in [0.2, 0.25) is 5.91 Å². The Morgan fingerprint density at radius 2 is 2.15 bits per heavy atom. The van der Waals surface area contributed by atoms with Gasteiger partial charge in [-0.3, -0.25) is 4.79 Å². The van der Waals surface area contributed by atoms with E-state index in [9.17, 15) is 14.7 Å². The number of hydrogen-bond donors (Lipinski definition) is 2. The van der Waals surface area contributed by atoms with Crippen LogP contribution in [0.4, 0.5) is 0 Å². The monoisotopic (exact) mass is 272 g/mol. The number of para-hydroxylation sites is 1. The second-order valence-electron chi connectivity index (χ2n) is 5.06. The lowest BCUT2D eigenvalue weighted by Gasteiger charge is -2.33. The minimum absolute atomic E-state index is 0.123. The predicted octanol–water partition coefficient (Wildman–Crippen LogP) is 1.92. The number of carbonyl (C=O) groups is 2. The number of aromatic nitrogens is 1. The number of H-pyrrole nitrogens is 1. The van der Waals surface area contributed by atoms with E-state index in [-0.39, 0.29) is 5.91 Å². The summed E-state index contributed by atoms with van der Waals surface area (Å²) in [6, 6.07) is 7.06. The highest BCUT2D eigenvalue weighted by molar-refractivity contribution is 5.89. The van der Waals surface area contributed by atoms with Crippen molar-refractivity contribution in [1.82, 2.24) is 9.88 Å². The Balaban J connectivity index is 2.08. The fourth-order valence-corrected chi connectivity index (χ4v) is 2.89. The van der Waals surface area contributed by atoms with Crippen LogP contribution in [0.3, 0.4) is 0 Å². The van der Waals surface area contributed by atoms with Gasteiger partial charge >= 0.3 is 5.97 Å². The highest BCUT2D eigenvalue weighted by Crippen LogP contribution is 2.30. The van der Waals surface area contributed by atoms with E-state index in [0.717, 1.165) is 22.2 Å². The molecule has 1 aliphatic heterocycles. The molecule has 5 heteroatoms. The molecule has 1 atom stereocenters. The quantitative estimate of drug-likeness (QED) is 0.877. The van der Waals surface area contributed by atoms with Crippen molar-refractivity contribution in [2.45, 2.75) is 32.4 Å². The number of aromatic amines is 1. The highest BCUT2D eigenvalue weighted by Gasteiger charge is 2.35. The van der Waals surface area contributed by atoms with E-state index >= 15 is 0 Å². The third-order valence-corrected chi connectivity index (χ3v) is 3.91. The van der Waals surface area contributed by atoms with Crippen LogP contribution in [0.15, 0.2) is 24.3 Å². The van der Waals surface area contributed by atoms with Crippen molar-refractivity contribution in [2.24, 2.45) is 0 Å². The summed E-state index contributed by atoms with van der Waals surface area (Å²) in [7, 11) is 0. The molecule has 1 aliphatic rings. The van der Waals surface area contributed by atoms with Gasteiger partial charge in [0.15, 0.2) is 0 Å². The zero-order valence-electron chi connectivity index (χ0n) is 11.2. The van der Waals surface area contributed by atoms with Crippen LogP contribution in [0, 0.1) is 0 Å². The molecule has 1 amide bonds. The largest absolute Gasteiger partial charge is 0.480 e. The molecule has 0 bridgehead atoms. The Kier molecular flexibility index (Phi) is 2.97. The number of amides is 1. The van der Waals surface area contributed by atoms with Gasteiger partial charge in [0.1, 0.15) is 6.04 Å². The van der Waals surface area contributed by atoms with Crippen molar-refractivity contribution in [3.05, 3.63) is 35.5 Å². The molecule has 20 heavy (non-hydrogen) atoms. The maximum atomic E-state index is 12.0. The standard InChI is InChI=1S/C15H16N2O3/c1-2-14(18)17-8-12-10(7-13(17)15(19)20)9-5-3-4-6-11(9)16-12/h3-6,13,16H,2,7-8H2,1H3,(H,19,20). The Bertz CT molecular complexity index is 689. The van der Waals surface area contributed by atoms with Crippen LogP contribution in [-0.4, -0.2) is 32.9 Å². The average Bonchev–Trinajstić information content (AvgIpc) is 2.82. The first-order valence-corrected chi connectivity index (χ1v) is 6.72. The first-order valence-electron chi connectivity index (χ1n) is 6.72. The lowest BCUT2D eigenvalue weighted by atomic mass is 9.96. The van der Waals surface area contributed by atoms with Gasteiger partial charge in [-0.15, -0.1) is 0 Å². The average molecular weight is 272 g/mol. The van der Waals surface area contributed by atoms with E-state index in [1.54, 1.807) is 6.92 Å². The van der Waals surface area contributed by atoms with Crippen molar-refractivity contribution in [3.63, 3.8) is 0 Å². The number of carboxylic acid groups (broad SMARTS) is 1. The summed E-state index contributed by atoms with van der Waals surface area (Å²) < 4.78 is 0. The van der Waals surface area contributed by atoms with Gasteiger partial charge in [0.25, 0.3) is 0 Å². The number of carboxylic acids is 1. The molecule has 2 N–H and O–H groups in total. The number of hydrogen-bond acceptors (Lipinski definition) is 2. The number of carbonyl (C=O) groups excluding carboxylic acids is 1. The second kappa shape index (κ2) is 4.67. The van der Waals surface area contributed by atoms with Crippen LogP contribution in [0.5, 0.6) is 0 Å². The Morgan fingerprint density at radius 3 is 2.85 bits per heavy atom. The van der Waals surface area contributed by atoms with Crippen molar-refractivity contribution >= 4 is 22.8 Å². The Labute approximate surface area is 116 Å². The minimum Gasteiger partial charge on any atom is -0.480 e. The molecule has 3 rings (SSSR count). The van der Waals surface area contributed by atoms with E-state index in [1.807, 2.05) is 24.3 Å². The van der Waals surface area contributed by atoms with Crippen molar-refractivity contribution in [2.75, 3.05) is 0 Å². The van der Waals surface area contributed by atoms with E-state index in [0.29, 0.717) is 19.4 Å². The summed E-state index contributed by atoms with van der Waals surface area (Å²) in [5.41, 5.74) is 2.96. The lowest BCUT2D eigenvalue weighted by Crippen LogP contribution is -2.48. The molecule has 104 valence electrons. The molecule has 0 fully saturated rings. The smallest absolute Gasteiger partial charge is 0.326 e. The molecule has 1 aromatic heterocycles. The number of fused-ring (bicyclic) bond motifs is 3. The van der Waals surface area contributed by atoms with Crippen LogP contribution in [-0.2, 0) is 22.6 Å². The van der Waals surface area contributed by atoms with E-state index in [1.165, 1.54) is 4.90 Å². The van der Waals surface area contributed by atoms with Gasteiger partial charge in [-0.1, -0.05) is 25.1 Å². The molecule has 2 heterocycles. The van der Waals surface area contributed by atoms with Crippen LogP contribution in [0.25, 0.3) is 10.9 Å². The fraction of sp³-hybridized carbons (Fsp3) is 0.333. The van der Waals surface area contributed by atoms with Gasteiger partial charge in [0, 0.05) is 29.4 Å². The topological polar surface area (TPSA) is 73.4 Å². The van der Waals surface area contributed by atoms with Crippen molar-refractivity contribution in [3.8, 4) is 0 Å². The van der Waals surface area contributed by atoms with E-state index < -0.39 is 12.0 Å². The summed E-state index contributed by atoms with van der Waals surface area (Å²) in [6.07, 6.45) is 0.680. The summed E-state index contributed by atoms with van der Waals surface area (Å²) in [5, 5.41) is 10.4. The summed E-state index contributed by atoms with van der Waals surface area (Å²) in [6.45, 7) is 2.09. The SMILES string of the molecule is CCC(=O)N1Cc2[nH]c3ccccc3c2CC1C(=O)O. The van der Waals surface area contributed by atoms with Gasteiger partial charge in [-0.25, -0.2) is 4.79 Å². The minimum atomic E-state index is -0.942. The van der Waals surface area contributed by atoms with E-state index in [2.05, 4.69) is 4.98 Å². The Morgan fingerprint density at radius 1 is 1.40 bits per heavy atom. The number of rotatable bonds is 2. The third-order valence-electron chi connectivity index (χ3n) is 3.91. The molecular formula is C15H16N2O3. The van der Waals surface area contributed by atoms with Gasteiger partial charge < -0.3 is 15.0 Å². The van der Waals surface area contributed by atoms with Crippen LogP contribution in [0.2, 0.25) is 0 Å². The Hall–Kier alpha value is -2.30. The van der Waals surface area contributed by atoms with Crippen LogP contribution >= 0.6 is 0 Å². The molecule has 0 saturated carbocycles. The van der Waals surface area contributed by atoms with Gasteiger partial charge in [-0.05, 0) is 11.6 Å². The molecular weight excluding hydrogens is 256 g/mol. The summed E-state index contributed by atoms with van der Waals surface area (Å²) in [5.74, 6) is -1.07. The highest BCUT2D eigenvalue weighted by atomic mass is 16.4. The maximum absolute atomic E-state index is 12.0. The first-order chi connectivity index (χ1) is 9.61. The predicted molar refractivity (Wildman–Crippen MR) is 74.3 cm³/mol. The molecule has 1 aromatic carbocycles. The molecule has 0 spiro atoms. The molecule has 0 radical (unpaired) electrons. The van der Waals surface area contributed by atoms with Gasteiger partial charge in [-0.2, -0.15) is 0 Å². The number of nitrogens with zero attached hydrogens (tertiary/aromatic N) is 1. The molecule has 5 nitrogen and oxygen atoms in total. The molecule has 1 unspecified atom stereocenters. The summed E-state index contributed by atoms with van der Waals surface area (Å²) >= 11 is 0. The van der Waals surface area contributed by atoms with Crippen molar-refractivity contribution in [1.29, 1.82) is 0 Å². The first kappa shape index (κ1) is 12.7. The molecule has 0 saturated heterocycles. The third kappa shape index (κ3) is 1.86. The van der Waals surface area contributed by atoms with Crippen LogP contribution in [0.1, 0.15) is 24.6 Å². The zero-order chi connectivity index (χ0) is 14.3. The van der Waals surface area contributed by atoms with Gasteiger partial charge in [0.05, 0.1) is 6.54 Å². The van der Waals surface area contributed by atoms with E-state index in [4.69, 9.17) is 0 Å². The molecule has 0 aliphatic carbocycles. The molecule has 2 aromatic rings.